The zero-order valence-electron chi connectivity index (χ0n) is 15.8. The van der Waals surface area contributed by atoms with Crippen LogP contribution in [0.1, 0.15) is 22.8 Å². The van der Waals surface area contributed by atoms with Crippen LogP contribution >= 0.6 is 0 Å². The quantitative estimate of drug-likeness (QED) is 0.399. The third-order valence-corrected chi connectivity index (χ3v) is 4.36. The molecule has 0 radical (unpaired) electrons. The van der Waals surface area contributed by atoms with Gasteiger partial charge in [0.15, 0.2) is 18.1 Å². The number of amides is 1. The number of carbonyl (C=O) groups excluding carboxylic acids is 2. The largest absolute Gasteiger partial charge is 0.486 e. The number of hydrogen-bond acceptors (Lipinski definition) is 7. The number of ether oxygens (including phenoxy) is 3. The second-order valence-corrected chi connectivity index (χ2v) is 6.24. The highest BCUT2D eigenvalue weighted by Gasteiger charge is 2.22. The lowest BCUT2D eigenvalue weighted by Gasteiger charge is -2.23. The molecule has 0 unspecified atom stereocenters. The van der Waals surface area contributed by atoms with Crippen LogP contribution in [0.2, 0.25) is 0 Å². The van der Waals surface area contributed by atoms with Crippen LogP contribution in [-0.4, -0.2) is 48.1 Å². The molecule has 2 aromatic rings. The molecular weight excluding hydrogens is 380 g/mol. The number of benzene rings is 2. The second kappa shape index (κ2) is 9.05. The molecule has 0 aromatic heterocycles. The number of rotatable bonds is 7. The molecule has 9 nitrogen and oxygen atoms in total. The van der Waals surface area contributed by atoms with E-state index in [2.05, 4.69) is 0 Å². The van der Waals surface area contributed by atoms with Crippen LogP contribution in [0.3, 0.4) is 0 Å². The summed E-state index contributed by atoms with van der Waals surface area (Å²) < 4.78 is 16.0. The summed E-state index contributed by atoms with van der Waals surface area (Å²) in [6, 6.07) is 10.9. The Balaban J connectivity index is 1.62. The van der Waals surface area contributed by atoms with E-state index in [1.165, 1.54) is 29.2 Å². The molecule has 0 saturated carbocycles. The summed E-state index contributed by atoms with van der Waals surface area (Å²) in [4.78, 5) is 36.5. The molecule has 0 bridgehead atoms. The van der Waals surface area contributed by atoms with E-state index in [4.69, 9.17) is 14.2 Å². The minimum atomic E-state index is -0.916. The van der Waals surface area contributed by atoms with Gasteiger partial charge in [-0.3, -0.25) is 14.9 Å². The van der Waals surface area contributed by atoms with Crippen molar-refractivity contribution in [2.24, 2.45) is 0 Å². The molecule has 0 N–H and O–H groups in total. The van der Waals surface area contributed by atoms with Gasteiger partial charge in [-0.2, -0.15) is 0 Å². The Bertz CT molecular complexity index is 929. The minimum Gasteiger partial charge on any atom is -0.486 e. The molecule has 3 rings (SSSR count). The van der Waals surface area contributed by atoms with Crippen molar-refractivity contribution in [3.8, 4) is 11.5 Å². The van der Waals surface area contributed by atoms with Gasteiger partial charge in [0, 0.05) is 19.2 Å². The number of carbonyl (C=O) groups is 2. The van der Waals surface area contributed by atoms with Crippen LogP contribution in [0.4, 0.5) is 5.69 Å². The maximum Gasteiger partial charge on any atom is 0.345 e. The fourth-order valence-electron chi connectivity index (χ4n) is 2.88. The van der Waals surface area contributed by atoms with Crippen LogP contribution < -0.4 is 9.47 Å². The maximum atomic E-state index is 12.5. The molecule has 1 heterocycles. The highest BCUT2D eigenvalue weighted by molar-refractivity contribution is 5.95. The molecule has 152 valence electrons. The standard InChI is InChI=1S/C20H20N2O7/c1-2-21(12-14-7-8-17-18(11-14)28-10-9-27-17)19(23)13-29-20(24)15-5-3-4-6-16(15)22(25)26/h3-8,11H,2,9-10,12-13H2,1H3. The van der Waals surface area contributed by atoms with Crippen molar-refractivity contribution in [2.45, 2.75) is 13.5 Å². The number of hydrogen-bond donors (Lipinski definition) is 0. The number of nitro benzene ring substituents is 1. The van der Waals surface area contributed by atoms with E-state index in [1.807, 2.05) is 12.1 Å². The lowest BCUT2D eigenvalue weighted by Crippen LogP contribution is -2.34. The lowest BCUT2D eigenvalue weighted by molar-refractivity contribution is -0.385. The van der Waals surface area contributed by atoms with E-state index >= 15 is 0 Å². The van der Waals surface area contributed by atoms with Gasteiger partial charge >= 0.3 is 5.97 Å². The zero-order chi connectivity index (χ0) is 20.8. The van der Waals surface area contributed by atoms with Crippen molar-refractivity contribution in [2.75, 3.05) is 26.4 Å². The normalized spacial score (nSPS) is 12.2. The van der Waals surface area contributed by atoms with Crippen molar-refractivity contribution < 1.29 is 28.7 Å². The zero-order valence-corrected chi connectivity index (χ0v) is 15.8. The Morgan fingerprint density at radius 2 is 1.86 bits per heavy atom. The first-order chi connectivity index (χ1) is 14.0. The average Bonchev–Trinajstić information content (AvgIpc) is 2.75. The molecule has 0 saturated heterocycles. The molecule has 1 amide bonds. The molecule has 0 fully saturated rings. The van der Waals surface area contributed by atoms with Crippen LogP contribution in [0.25, 0.3) is 0 Å². The van der Waals surface area contributed by atoms with E-state index in [1.54, 1.807) is 13.0 Å². The monoisotopic (exact) mass is 400 g/mol. The molecule has 1 aliphatic rings. The van der Waals surface area contributed by atoms with E-state index in [0.29, 0.717) is 37.8 Å². The van der Waals surface area contributed by atoms with Crippen LogP contribution in [0.5, 0.6) is 11.5 Å². The number of para-hydroxylation sites is 1. The maximum absolute atomic E-state index is 12.5. The summed E-state index contributed by atoms with van der Waals surface area (Å²) >= 11 is 0. The number of nitrogens with zero attached hydrogens (tertiary/aromatic N) is 2. The Morgan fingerprint density at radius 1 is 1.14 bits per heavy atom. The summed E-state index contributed by atoms with van der Waals surface area (Å²) in [6.07, 6.45) is 0. The van der Waals surface area contributed by atoms with Gasteiger partial charge in [-0.05, 0) is 30.7 Å². The third-order valence-electron chi connectivity index (χ3n) is 4.36. The number of esters is 1. The third kappa shape index (κ3) is 4.81. The van der Waals surface area contributed by atoms with Crippen LogP contribution in [0.15, 0.2) is 42.5 Å². The number of likely N-dealkylation sites (N-methyl/N-ethyl adjacent to an activating group) is 1. The Labute approximate surface area is 166 Å². The van der Waals surface area contributed by atoms with Gasteiger partial charge in [0.05, 0.1) is 4.92 Å². The molecule has 0 aliphatic carbocycles. The first kappa shape index (κ1) is 20.1. The number of fused-ring (bicyclic) bond motifs is 1. The van der Waals surface area contributed by atoms with Gasteiger partial charge in [-0.25, -0.2) is 4.79 Å². The lowest BCUT2D eigenvalue weighted by atomic mass is 10.1. The van der Waals surface area contributed by atoms with Gasteiger partial charge in [0.1, 0.15) is 18.8 Å². The molecule has 9 heteroatoms. The summed E-state index contributed by atoms with van der Waals surface area (Å²) in [7, 11) is 0. The summed E-state index contributed by atoms with van der Waals surface area (Å²) in [6.45, 7) is 2.96. The Hall–Kier alpha value is -3.62. The number of nitro groups is 1. The first-order valence-electron chi connectivity index (χ1n) is 9.06. The fraction of sp³-hybridized carbons (Fsp3) is 0.300. The van der Waals surface area contributed by atoms with E-state index in [0.717, 1.165) is 5.56 Å². The predicted molar refractivity (Wildman–Crippen MR) is 102 cm³/mol. The Morgan fingerprint density at radius 3 is 2.59 bits per heavy atom. The van der Waals surface area contributed by atoms with E-state index in [-0.39, 0.29) is 11.3 Å². The second-order valence-electron chi connectivity index (χ2n) is 6.24. The molecule has 0 spiro atoms. The van der Waals surface area contributed by atoms with Crippen molar-refractivity contribution in [1.82, 2.24) is 4.90 Å². The van der Waals surface area contributed by atoms with Crippen molar-refractivity contribution in [3.63, 3.8) is 0 Å². The topological polar surface area (TPSA) is 108 Å². The van der Waals surface area contributed by atoms with Crippen molar-refractivity contribution >= 4 is 17.6 Å². The van der Waals surface area contributed by atoms with Crippen LogP contribution in [-0.2, 0) is 16.1 Å². The smallest absolute Gasteiger partial charge is 0.345 e. The highest BCUT2D eigenvalue weighted by Crippen LogP contribution is 2.31. The molecule has 1 aliphatic heterocycles. The summed E-state index contributed by atoms with van der Waals surface area (Å²) in [5.41, 5.74) is 0.281. The van der Waals surface area contributed by atoms with Gasteiger partial charge in [0.2, 0.25) is 0 Å². The van der Waals surface area contributed by atoms with Gasteiger partial charge < -0.3 is 19.1 Å². The summed E-state index contributed by atoms with van der Waals surface area (Å²) in [5.74, 6) is -0.0387. The molecule has 2 aromatic carbocycles. The Kier molecular flexibility index (Phi) is 6.28. The van der Waals surface area contributed by atoms with Gasteiger partial charge in [-0.15, -0.1) is 0 Å². The average molecular weight is 400 g/mol. The van der Waals surface area contributed by atoms with Crippen molar-refractivity contribution in [3.05, 3.63) is 63.7 Å². The van der Waals surface area contributed by atoms with E-state index < -0.39 is 23.4 Å². The SMILES string of the molecule is CCN(Cc1ccc2c(c1)OCCO2)C(=O)COC(=O)c1ccccc1[N+](=O)[O-]. The molecular formula is C20H20N2O7. The van der Waals surface area contributed by atoms with Crippen molar-refractivity contribution in [1.29, 1.82) is 0 Å². The van der Waals surface area contributed by atoms with Gasteiger partial charge in [-0.1, -0.05) is 18.2 Å². The van der Waals surface area contributed by atoms with Crippen LogP contribution in [0, 0.1) is 10.1 Å². The van der Waals surface area contributed by atoms with E-state index in [9.17, 15) is 19.7 Å². The molecule has 0 atom stereocenters. The fourth-order valence-corrected chi connectivity index (χ4v) is 2.88. The minimum absolute atomic E-state index is 0.194. The van der Waals surface area contributed by atoms with Gasteiger partial charge in [0.25, 0.3) is 11.6 Å². The summed E-state index contributed by atoms with van der Waals surface area (Å²) in [5, 5.41) is 11.0. The highest BCUT2D eigenvalue weighted by atomic mass is 16.6. The first-order valence-corrected chi connectivity index (χ1v) is 9.06. The molecule has 29 heavy (non-hydrogen) atoms. The predicted octanol–water partition coefficient (Wildman–Crippen LogP) is 2.57.